The lowest BCUT2D eigenvalue weighted by Gasteiger charge is -2.27. The molecule has 0 aromatic heterocycles. The second-order valence-corrected chi connectivity index (χ2v) is 6.71. The van der Waals surface area contributed by atoms with Crippen LogP contribution in [0.4, 0.5) is 0 Å². The zero-order valence-corrected chi connectivity index (χ0v) is 13.6. The average Bonchev–Trinajstić information content (AvgIpc) is 2.48. The fourth-order valence-corrected chi connectivity index (χ4v) is 3.39. The lowest BCUT2D eigenvalue weighted by atomic mass is 10.1. The summed E-state index contributed by atoms with van der Waals surface area (Å²) in [6, 6.07) is 7.36. The SMILES string of the molecule is CCOC(=O)C1=CCCN([S+]([O-])c2ccc(Br)cc2)C1. The first kappa shape index (κ1) is 15.6. The third kappa shape index (κ3) is 3.85. The van der Waals surface area contributed by atoms with Gasteiger partial charge in [-0.15, -0.1) is 4.31 Å². The number of carbonyl (C=O) groups is 1. The fraction of sp³-hybridized carbons (Fsp3) is 0.357. The van der Waals surface area contributed by atoms with Gasteiger partial charge in [0.2, 0.25) is 0 Å². The topological polar surface area (TPSA) is 52.6 Å². The average molecular weight is 358 g/mol. The van der Waals surface area contributed by atoms with Gasteiger partial charge in [0.05, 0.1) is 30.1 Å². The highest BCUT2D eigenvalue weighted by Crippen LogP contribution is 2.22. The van der Waals surface area contributed by atoms with Crippen LogP contribution in [0.5, 0.6) is 0 Å². The molecule has 20 heavy (non-hydrogen) atoms. The summed E-state index contributed by atoms with van der Waals surface area (Å²) in [5, 5.41) is 0. The molecule has 4 nitrogen and oxygen atoms in total. The predicted octanol–water partition coefficient (Wildman–Crippen LogP) is 2.67. The molecule has 0 bridgehead atoms. The number of benzene rings is 1. The molecule has 1 aliphatic rings. The van der Waals surface area contributed by atoms with Crippen molar-refractivity contribution in [3.8, 4) is 0 Å². The second-order valence-electron chi connectivity index (χ2n) is 4.31. The van der Waals surface area contributed by atoms with E-state index in [1.165, 1.54) is 0 Å². The molecule has 108 valence electrons. The van der Waals surface area contributed by atoms with Crippen LogP contribution in [0.3, 0.4) is 0 Å². The van der Waals surface area contributed by atoms with Crippen LogP contribution in [0.25, 0.3) is 0 Å². The van der Waals surface area contributed by atoms with Crippen LogP contribution in [0.2, 0.25) is 0 Å². The molecule has 2 rings (SSSR count). The number of carbonyl (C=O) groups excluding carboxylic acids is 1. The Morgan fingerprint density at radius 3 is 2.80 bits per heavy atom. The van der Waals surface area contributed by atoms with Crippen molar-refractivity contribution in [1.29, 1.82) is 0 Å². The molecule has 1 heterocycles. The van der Waals surface area contributed by atoms with Crippen molar-refractivity contribution in [2.24, 2.45) is 0 Å². The highest BCUT2D eigenvalue weighted by Gasteiger charge is 2.28. The lowest BCUT2D eigenvalue weighted by molar-refractivity contribution is -0.138. The van der Waals surface area contributed by atoms with Gasteiger partial charge in [0.1, 0.15) is 0 Å². The van der Waals surface area contributed by atoms with Crippen LogP contribution < -0.4 is 0 Å². The molecule has 1 aromatic rings. The zero-order chi connectivity index (χ0) is 14.5. The van der Waals surface area contributed by atoms with E-state index >= 15 is 0 Å². The molecule has 0 aliphatic carbocycles. The van der Waals surface area contributed by atoms with E-state index in [1.807, 2.05) is 30.3 Å². The molecule has 0 fully saturated rings. The van der Waals surface area contributed by atoms with Gasteiger partial charge in [-0.3, -0.25) is 0 Å². The minimum Gasteiger partial charge on any atom is -0.593 e. The van der Waals surface area contributed by atoms with E-state index in [1.54, 1.807) is 11.2 Å². The van der Waals surface area contributed by atoms with Gasteiger partial charge >= 0.3 is 5.97 Å². The Morgan fingerprint density at radius 2 is 2.15 bits per heavy atom. The van der Waals surface area contributed by atoms with E-state index in [0.717, 1.165) is 9.37 Å². The van der Waals surface area contributed by atoms with Crippen LogP contribution >= 0.6 is 15.9 Å². The Hall–Kier alpha value is -0.820. The molecule has 1 unspecified atom stereocenters. The van der Waals surface area contributed by atoms with Crippen molar-refractivity contribution in [2.75, 3.05) is 19.7 Å². The van der Waals surface area contributed by atoms with E-state index in [4.69, 9.17) is 4.74 Å². The van der Waals surface area contributed by atoms with E-state index < -0.39 is 11.4 Å². The van der Waals surface area contributed by atoms with Crippen LogP contribution in [-0.4, -0.2) is 34.5 Å². The molecule has 0 N–H and O–H groups in total. The number of halogens is 1. The van der Waals surface area contributed by atoms with Gasteiger partial charge in [-0.25, -0.2) is 4.79 Å². The van der Waals surface area contributed by atoms with E-state index in [2.05, 4.69) is 15.9 Å². The van der Waals surface area contributed by atoms with Crippen LogP contribution in [-0.2, 0) is 20.9 Å². The maximum absolute atomic E-state index is 12.5. The van der Waals surface area contributed by atoms with Crippen LogP contribution in [0.1, 0.15) is 13.3 Å². The van der Waals surface area contributed by atoms with Crippen molar-refractivity contribution in [3.05, 3.63) is 40.4 Å². The molecule has 1 aliphatic heterocycles. The number of hydrogen-bond donors (Lipinski definition) is 0. The quantitative estimate of drug-likeness (QED) is 0.613. The van der Waals surface area contributed by atoms with Crippen LogP contribution in [0, 0.1) is 0 Å². The second kappa shape index (κ2) is 7.26. The third-order valence-electron chi connectivity index (χ3n) is 2.90. The summed E-state index contributed by atoms with van der Waals surface area (Å²) in [7, 11) is 0. The Kier molecular flexibility index (Phi) is 5.65. The summed E-state index contributed by atoms with van der Waals surface area (Å²) < 4.78 is 20.2. The Labute approximate surface area is 130 Å². The highest BCUT2D eigenvalue weighted by molar-refractivity contribution is 9.10. The first-order valence-corrected chi connectivity index (χ1v) is 8.30. The van der Waals surface area contributed by atoms with Crippen molar-refractivity contribution in [3.63, 3.8) is 0 Å². The normalized spacial score (nSPS) is 17.4. The van der Waals surface area contributed by atoms with E-state index in [-0.39, 0.29) is 5.97 Å². The molecule has 1 aromatic carbocycles. The highest BCUT2D eigenvalue weighted by atomic mass is 79.9. The summed E-state index contributed by atoms with van der Waals surface area (Å²) >= 11 is 2.10. The Balaban J connectivity index is 2.05. The van der Waals surface area contributed by atoms with E-state index in [0.29, 0.717) is 31.7 Å². The summed E-state index contributed by atoms with van der Waals surface area (Å²) in [6.45, 7) is 3.16. The first-order valence-electron chi connectivity index (χ1n) is 6.40. The number of rotatable bonds is 4. The summed E-state index contributed by atoms with van der Waals surface area (Å²) in [5.74, 6) is -0.315. The number of hydrogen-bond acceptors (Lipinski definition) is 4. The van der Waals surface area contributed by atoms with Crippen LogP contribution in [0.15, 0.2) is 45.3 Å². The van der Waals surface area contributed by atoms with Gasteiger partial charge in [-0.2, -0.15) is 0 Å². The summed E-state index contributed by atoms with van der Waals surface area (Å²) in [5.41, 5.74) is 0.587. The minimum absolute atomic E-state index is 0.315. The summed E-state index contributed by atoms with van der Waals surface area (Å²) in [6.07, 6.45) is 2.57. The van der Waals surface area contributed by atoms with Gasteiger partial charge in [0.25, 0.3) is 0 Å². The van der Waals surface area contributed by atoms with Crippen molar-refractivity contribution >= 4 is 33.3 Å². The first-order chi connectivity index (χ1) is 9.61. The Morgan fingerprint density at radius 1 is 1.45 bits per heavy atom. The smallest absolute Gasteiger partial charge is 0.335 e. The molecular formula is C14H16BrNO3S. The van der Waals surface area contributed by atoms with E-state index in [9.17, 15) is 9.35 Å². The summed E-state index contributed by atoms with van der Waals surface area (Å²) in [4.78, 5) is 12.5. The standard InChI is InChI=1S/C14H16BrNO3S/c1-2-19-14(17)11-4-3-9-16(10-11)20(18)13-7-5-12(15)6-8-13/h4-8H,2-3,9-10H2,1H3. The largest absolute Gasteiger partial charge is 0.593 e. The number of ether oxygens (including phenoxy) is 1. The molecule has 0 amide bonds. The lowest BCUT2D eigenvalue weighted by Crippen LogP contribution is -2.37. The number of nitrogens with zero attached hydrogens (tertiary/aromatic N) is 1. The van der Waals surface area contributed by atoms with Crippen molar-refractivity contribution in [1.82, 2.24) is 4.31 Å². The fourth-order valence-electron chi connectivity index (χ4n) is 1.93. The molecule has 0 saturated heterocycles. The third-order valence-corrected chi connectivity index (χ3v) is 4.89. The van der Waals surface area contributed by atoms with Gasteiger partial charge in [-0.05, 0) is 37.6 Å². The predicted molar refractivity (Wildman–Crippen MR) is 81.5 cm³/mol. The molecule has 0 radical (unpaired) electrons. The Bertz CT molecular complexity index is 504. The molecule has 6 heteroatoms. The molecule has 0 spiro atoms. The molecule has 0 saturated carbocycles. The van der Waals surface area contributed by atoms with Crippen molar-refractivity contribution < 1.29 is 14.1 Å². The number of esters is 1. The zero-order valence-electron chi connectivity index (χ0n) is 11.2. The van der Waals surface area contributed by atoms with Gasteiger partial charge in [0, 0.05) is 11.0 Å². The monoisotopic (exact) mass is 357 g/mol. The van der Waals surface area contributed by atoms with Crippen molar-refractivity contribution in [2.45, 2.75) is 18.2 Å². The minimum atomic E-state index is -1.26. The van der Waals surface area contributed by atoms with Gasteiger partial charge < -0.3 is 9.29 Å². The maximum Gasteiger partial charge on any atom is 0.335 e. The molecule has 1 atom stereocenters. The van der Waals surface area contributed by atoms with Gasteiger partial charge in [0.15, 0.2) is 4.90 Å². The van der Waals surface area contributed by atoms with Gasteiger partial charge in [-0.1, -0.05) is 22.0 Å². The maximum atomic E-state index is 12.5. The molecular weight excluding hydrogens is 342 g/mol.